The van der Waals surface area contributed by atoms with E-state index in [1.165, 1.54) is 11.1 Å². The number of amides is 2. The number of primary amides is 2. The Kier molecular flexibility index (Phi) is 8.52. The maximum absolute atomic E-state index is 11.0. The molecule has 0 heterocycles. The van der Waals surface area contributed by atoms with Crippen LogP contribution in [0, 0.1) is 0 Å². The van der Waals surface area contributed by atoms with Crippen LogP contribution in [0.15, 0.2) is 48.5 Å². The van der Waals surface area contributed by atoms with Crippen LogP contribution in [-0.2, 0) is 17.6 Å². The molecule has 4 N–H and O–H groups in total. The zero-order valence-corrected chi connectivity index (χ0v) is 15.7. The Balaban J connectivity index is 1.48. The standard InChI is InChI=1S/C22H28N2O3/c23-21(25)19-11-7-17(8-12-19)5-1-3-15-27-16-4-2-6-18-9-13-20(14-10-18)22(24)26/h7-14H,1-6,15-16H2,(H2,23,25)(H2,24,26). The average Bonchev–Trinajstić information content (AvgIpc) is 2.67. The van der Waals surface area contributed by atoms with Gasteiger partial charge in [-0.15, -0.1) is 0 Å². The summed E-state index contributed by atoms with van der Waals surface area (Å²) in [6.07, 6.45) is 6.11. The number of nitrogens with two attached hydrogens (primary N) is 2. The quantitative estimate of drug-likeness (QED) is 0.563. The predicted octanol–water partition coefficient (Wildman–Crippen LogP) is 3.25. The van der Waals surface area contributed by atoms with E-state index in [0.717, 1.165) is 51.7 Å². The van der Waals surface area contributed by atoms with Crippen molar-refractivity contribution in [3.63, 3.8) is 0 Å². The van der Waals surface area contributed by atoms with Gasteiger partial charge in [0.25, 0.3) is 0 Å². The van der Waals surface area contributed by atoms with Crippen molar-refractivity contribution >= 4 is 11.8 Å². The number of benzene rings is 2. The van der Waals surface area contributed by atoms with Gasteiger partial charge in [-0.1, -0.05) is 24.3 Å². The molecule has 0 saturated heterocycles. The molecule has 0 fully saturated rings. The molecule has 0 spiro atoms. The smallest absolute Gasteiger partial charge is 0.248 e. The van der Waals surface area contributed by atoms with Crippen molar-refractivity contribution in [2.24, 2.45) is 11.5 Å². The molecule has 0 radical (unpaired) electrons. The highest BCUT2D eigenvalue weighted by molar-refractivity contribution is 5.93. The normalized spacial score (nSPS) is 10.7. The summed E-state index contributed by atoms with van der Waals surface area (Å²) < 4.78 is 5.69. The maximum Gasteiger partial charge on any atom is 0.248 e. The van der Waals surface area contributed by atoms with E-state index in [9.17, 15) is 9.59 Å². The van der Waals surface area contributed by atoms with E-state index in [1.807, 2.05) is 24.3 Å². The number of ether oxygens (including phenoxy) is 1. The number of unbranched alkanes of at least 4 members (excludes halogenated alkanes) is 2. The third kappa shape index (κ3) is 7.62. The Labute approximate surface area is 160 Å². The van der Waals surface area contributed by atoms with Gasteiger partial charge in [0.1, 0.15) is 0 Å². The summed E-state index contributed by atoms with van der Waals surface area (Å²) in [6, 6.07) is 14.9. The van der Waals surface area contributed by atoms with Crippen molar-refractivity contribution < 1.29 is 14.3 Å². The summed E-state index contributed by atoms with van der Waals surface area (Å²) in [6.45, 7) is 1.54. The van der Waals surface area contributed by atoms with Crippen LogP contribution < -0.4 is 11.5 Å². The summed E-state index contributed by atoms with van der Waals surface area (Å²) in [5, 5.41) is 0. The van der Waals surface area contributed by atoms with E-state index in [4.69, 9.17) is 16.2 Å². The molecule has 2 rings (SSSR count). The minimum absolute atomic E-state index is 0.391. The zero-order chi connectivity index (χ0) is 19.5. The molecule has 144 valence electrons. The highest BCUT2D eigenvalue weighted by atomic mass is 16.5. The fraction of sp³-hybridized carbons (Fsp3) is 0.364. The highest BCUT2D eigenvalue weighted by Crippen LogP contribution is 2.09. The first-order valence-corrected chi connectivity index (χ1v) is 9.41. The number of carbonyl (C=O) groups is 2. The largest absolute Gasteiger partial charge is 0.381 e. The number of aryl methyl sites for hydroxylation is 2. The van der Waals surface area contributed by atoms with E-state index in [1.54, 1.807) is 24.3 Å². The van der Waals surface area contributed by atoms with Gasteiger partial charge in [0.05, 0.1) is 0 Å². The van der Waals surface area contributed by atoms with Crippen LogP contribution in [0.3, 0.4) is 0 Å². The minimum Gasteiger partial charge on any atom is -0.381 e. The molecule has 5 nitrogen and oxygen atoms in total. The molecule has 0 aromatic heterocycles. The molecule has 27 heavy (non-hydrogen) atoms. The molecule has 2 aromatic carbocycles. The van der Waals surface area contributed by atoms with Crippen LogP contribution in [0.2, 0.25) is 0 Å². The van der Waals surface area contributed by atoms with Gasteiger partial charge >= 0.3 is 0 Å². The first-order valence-electron chi connectivity index (χ1n) is 9.41. The number of carbonyl (C=O) groups excluding carboxylic acids is 2. The molecule has 0 bridgehead atoms. The molecule has 0 aliphatic carbocycles. The third-order valence-electron chi connectivity index (χ3n) is 4.49. The Hall–Kier alpha value is -2.66. The molecule has 0 unspecified atom stereocenters. The summed E-state index contributed by atoms with van der Waals surface area (Å²) in [7, 11) is 0. The van der Waals surface area contributed by atoms with Gasteiger partial charge in [0.15, 0.2) is 0 Å². The summed E-state index contributed by atoms with van der Waals surface area (Å²) in [4.78, 5) is 22.1. The van der Waals surface area contributed by atoms with Crippen LogP contribution in [0.1, 0.15) is 57.5 Å². The van der Waals surface area contributed by atoms with Crippen LogP contribution in [0.4, 0.5) is 0 Å². The summed E-state index contributed by atoms with van der Waals surface area (Å²) in [5.74, 6) is -0.782. The lowest BCUT2D eigenvalue weighted by Crippen LogP contribution is -2.10. The van der Waals surface area contributed by atoms with Crippen molar-refractivity contribution in [2.45, 2.75) is 38.5 Å². The van der Waals surface area contributed by atoms with Crippen molar-refractivity contribution in [1.29, 1.82) is 0 Å². The molecule has 2 amide bonds. The lowest BCUT2D eigenvalue weighted by atomic mass is 10.1. The monoisotopic (exact) mass is 368 g/mol. The molecule has 2 aromatic rings. The fourth-order valence-electron chi connectivity index (χ4n) is 2.84. The first kappa shape index (κ1) is 20.6. The second-order valence-corrected chi connectivity index (χ2v) is 6.65. The van der Waals surface area contributed by atoms with Gasteiger partial charge in [-0.25, -0.2) is 0 Å². The first-order chi connectivity index (χ1) is 13.1. The summed E-state index contributed by atoms with van der Waals surface area (Å²) in [5.41, 5.74) is 14.0. The second kappa shape index (κ2) is 11.1. The lowest BCUT2D eigenvalue weighted by Gasteiger charge is -2.06. The molecule has 0 aliphatic heterocycles. The SMILES string of the molecule is NC(=O)c1ccc(CCCCOCCCCc2ccc(C(N)=O)cc2)cc1. The number of hydrogen-bond acceptors (Lipinski definition) is 3. The topological polar surface area (TPSA) is 95.4 Å². The Morgan fingerprint density at radius 3 is 1.33 bits per heavy atom. The van der Waals surface area contributed by atoms with Crippen molar-refractivity contribution in [3.05, 3.63) is 70.8 Å². The van der Waals surface area contributed by atoms with Crippen LogP contribution in [0.5, 0.6) is 0 Å². The van der Waals surface area contributed by atoms with E-state index in [0.29, 0.717) is 11.1 Å². The predicted molar refractivity (Wildman–Crippen MR) is 107 cm³/mol. The van der Waals surface area contributed by atoms with Gasteiger partial charge in [0, 0.05) is 24.3 Å². The van der Waals surface area contributed by atoms with Crippen LogP contribution in [0.25, 0.3) is 0 Å². The van der Waals surface area contributed by atoms with Crippen LogP contribution in [-0.4, -0.2) is 25.0 Å². The Morgan fingerprint density at radius 1 is 0.630 bits per heavy atom. The number of hydrogen-bond donors (Lipinski definition) is 2. The average molecular weight is 368 g/mol. The van der Waals surface area contributed by atoms with E-state index >= 15 is 0 Å². The van der Waals surface area contributed by atoms with Crippen molar-refractivity contribution in [2.75, 3.05) is 13.2 Å². The van der Waals surface area contributed by atoms with Gasteiger partial charge < -0.3 is 16.2 Å². The van der Waals surface area contributed by atoms with Gasteiger partial charge in [-0.3, -0.25) is 9.59 Å². The summed E-state index contributed by atoms with van der Waals surface area (Å²) >= 11 is 0. The van der Waals surface area contributed by atoms with E-state index in [2.05, 4.69) is 0 Å². The molecule has 5 heteroatoms. The Morgan fingerprint density at radius 2 is 1.00 bits per heavy atom. The van der Waals surface area contributed by atoms with Gasteiger partial charge in [0.2, 0.25) is 11.8 Å². The van der Waals surface area contributed by atoms with Gasteiger partial charge in [-0.2, -0.15) is 0 Å². The third-order valence-corrected chi connectivity index (χ3v) is 4.49. The van der Waals surface area contributed by atoms with Crippen molar-refractivity contribution in [1.82, 2.24) is 0 Å². The molecular weight excluding hydrogens is 340 g/mol. The second-order valence-electron chi connectivity index (χ2n) is 6.65. The van der Waals surface area contributed by atoms with E-state index in [-0.39, 0.29) is 0 Å². The molecule has 0 saturated carbocycles. The zero-order valence-electron chi connectivity index (χ0n) is 15.7. The maximum atomic E-state index is 11.0. The van der Waals surface area contributed by atoms with E-state index < -0.39 is 11.8 Å². The van der Waals surface area contributed by atoms with Crippen LogP contribution >= 0.6 is 0 Å². The van der Waals surface area contributed by atoms with Gasteiger partial charge in [-0.05, 0) is 73.9 Å². The molecule has 0 aliphatic rings. The highest BCUT2D eigenvalue weighted by Gasteiger charge is 2.01. The lowest BCUT2D eigenvalue weighted by molar-refractivity contribution is 0.0992. The number of rotatable bonds is 12. The van der Waals surface area contributed by atoms with Crippen molar-refractivity contribution in [3.8, 4) is 0 Å². The minimum atomic E-state index is -0.391. The Bertz CT molecular complexity index is 661. The molecular formula is C22H28N2O3. The fourth-order valence-corrected chi connectivity index (χ4v) is 2.84. The molecule has 0 atom stereocenters.